The first kappa shape index (κ1) is 17.1. The zero-order chi connectivity index (χ0) is 18.0. The average Bonchev–Trinajstić information content (AvgIpc) is 2.96. The van der Waals surface area contributed by atoms with Gasteiger partial charge in [-0.2, -0.15) is 0 Å². The number of hydrogen-bond acceptors (Lipinski definition) is 7. The molecular weight excluding hydrogens is 332 g/mol. The second kappa shape index (κ2) is 7.01. The van der Waals surface area contributed by atoms with E-state index in [0.29, 0.717) is 0 Å². The number of rotatable bonds is 4. The Morgan fingerprint density at radius 3 is 2.68 bits per heavy atom. The molecule has 25 heavy (non-hydrogen) atoms. The van der Waals surface area contributed by atoms with Gasteiger partial charge >= 0.3 is 11.7 Å². The Labute approximate surface area is 141 Å². The Hall–Kier alpha value is -2.75. The van der Waals surface area contributed by atoms with Crippen LogP contribution in [-0.2, 0) is 4.74 Å². The molecule has 9 nitrogen and oxygen atoms in total. The summed E-state index contributed by atoms with van der Waals surface area (Å²) in [5.41, 5.74) is -2.06. The second-order valence-corrected chi connectivity index (χ2v) is 5.53. The van der Waals surface area contributed by atoms with Crippen LogP contribution in [-0.4, -0.2) is 44.5 Å². The van der Waals surface area contributed by atoms with Gasteiger partial charge in [0.2, 0.25) is 0 Å². The van der Waals surface area contributed by atoms with Crippen molar-refractivity contribution in [3.8, 4) is 5.75 Å². The van der Waals surface area contributed by atoms with E-state index < -0.39 is 42.3 Å². The number of nitrogens with zero attached hydrogens (tertiary/aromatic N) is 1. The van der Waals surface area contributed by atoms with Gasteiger partial charge < -0.3 is 19.7 Å². The molecule has 132 valence electrons. The predicted octanol–water partition coefficient (Wildman–Crippen LogP) is -0.604. The lowest BCUT2D eigenvalue weighted by Crippen LogP contribution is -2.36. The summed E-state index contributed by atoms with van der Waals surface area (Å²) >= 11 is 0. The van der Waals surface area contributed by atoms with Gasteiger partial charge in [-0.25, -0.2) is 9.59 Å². The number of ether oxygens (including phenoxy) is 2. The third-order valence-corrected chi connectivity index (χ3v) is 3.84. The monoisotopic (exact) mass is 348 g/mol. The lowest BCUT2D eigenvalue weighted by atomic mass is 10.2. The molecule has 0 spiro atoms. The Bertz CT molecular complexity index is 874. The quantitative estimate of drug-likeness (QED) is 0.496. The van der Waals surface area contributed by atoms with Gasteiger partial charge in [-0.15, -0.1) is 0 Å². The molecule has 1 saturated heterocycles. The molecule has 0 aliphatic carbocycles. The molecule has 2 aromatic rings. The van der Waals surface area contributed by atoms with E-state index in [2.05, 4.69) is 0 Å². The van der Waals surface area contributed by atoms with E-state index in [9.17, 15) is 19.5 Å². The first-order valence-electron chi connectivity index (χ1n) is 7.56. The van der Waals surface area contributed by atoms with Crippen molar-refractivity contribution in [3.63, 3.8) is 0 Å². The first-order chi connectivity index (χ1) is 12.0. The van der Waals surface area contributed by atoms with Crippen molar-refractivity contribution in [1.29, 1.82) is 0 Å². The minimum Gasteiger partial charge on any atom is -0.423 e. The van der Waals surface area contributed by atoms with Crippen LogP contribution in [0, 0.1) is 0 Å². The Morgan fingerprint density at radius 1 is 1.32 bits per heavy atom. The van der Waals surface area contributed by atoms with Gasteiger partial charge in [-0.1, -0.05) is 18.2 Å². The van der Waals surface area contributed by atoms with Crippen LogP contribution in [0.2, 0.25) is 0 Å². The smallest absolute Gasteiger partial charge is 0.350 e. The fraction of sp³-hybridized carbons (Fsp3) is 0.312. The van der Waals surface area contributed by atoms with E-state index in [0.717, 1.165) is 10.8 Å². The van der Waals surface area contributed by atoms with Gasteiger partial charge in [-0.05, 0) is 12.1 Å². The third-order valence-electron chi connectivity index (χ3n) is 3.84. The molecule has 0 amide bonds. The van der Waals surface area contributed by atoms with Crippen molar-refractivity contribution in [2.45, 2.75) is 24.9 Å². The van der Waals surface area contributed by atoms with Gasteiger partial charge in [0.25, 0.3) is 5.56 Å². The highest BCUT2D eigenvalue weighted by Gasteiger charge is 2.35. The van der Waals surface area contributed by atoms with Crippen molar-refractivity contribution in [2.24, 2.45) is 0 Å². The van der Waals surface area contributed by atoms with Crippen molar-refractivity contribution in [1.82, 2.24) is 9.55 Å². The molecule has 0 radical (unpaired) electrons. The molecule has 2 heterocycles. The number of aliphatic hydroxyl groups is 2. The van der Waals surface area contributed by atoms with Crippen LogP contribution in [0.1, 0.15) is 23.0 Å². The van der Waals surface area contributed by atoms with E-state index in [-0.39, 0.29) is 17.7 Å². The maximum absolute atomic E-state index is 12.2. The van der Waals surface area contributed by atoms with Crippen LogP contribution in [0.5, 0.6) is 5.75 Å². The summed E-state index contributed by atoms with van der Waals surface area (Å²) in [6.07, 6.45) is -1.66. The van der Waals surface area contributed by atoms with Crippen LogP contribution in [0.3, 0.4) is 0 Å². The predicted molar refractivity (Wildman–Crippen MR) is 84.3 cm³/mol. The van der Waals surface area contributed by atoms with Crippen LogP contribution in [0.25, 0.3) is 0 Å². The summed E-state index contributed by atoms with van der Waals surface area (Å²) in [6.45, 7) is -0.418. The standard InChI is InChI=1S/C16H16N2O7/c19-8-12-11(20)6-13(25-12)18-7-10(14(21)17-16(18)23)15(22)24-9-4-2-1-3-5-9/h1-5,7,11-13,19-20H,6,8H2,(H,17,21,23)/t11-,12+,13+/m1/s1. The summed E-state index contributed by atoms with van der Waals surface area (Å²) in [5.74, 6) is -0.684. The Morgan fingerprint density at radius 2 is 2.04 bits per heavy atom. The van der Waals surface area contributed by atoms with E-state index in [1.165, 1.54) is 0 Å². The molecule has 1 fully saturated rings. The molecule has 0 saturated carbocycles. The highest BCUT2D eigenvalue weighted by molar-refractivity contribution is 5.90. The summed E-state index contributed by atoms with van der Waals surface area (Å²) in [4.78, 5) is 38.2. The zero-order valence-electron chi connectivity index (χ0n) is 13.0. The van der Waals surface area contributed by atoms with Crippen molar-refractivity contribution >= 4 is 5.97 Å². The average molecular weight is 348 g/mol. The second-order valence-electron chi connectivity index (χ2n) is 5.53. The number of aliphatic hydroxyl groups excluding tert-OH is 2. The van der Waals surface area contributed by atoms with Gasteiger partial charge in [0.15, 0.2) is 0 Å². The maximum atomic E-state index is 12.2. The number of benzene rings is 1. The number of nitrogens with one attached hydrogen (secondary N) is 1. The van der Waals surface area contributed by atoms with Gasteiger partial charge in [-0.3, -0.25) is 14.3 Å². The highest BCUT2D eigenvalue weighted by atomic mass is 16.5. The molecule has 9 heteroatoms. The summed E-state index contributed by atoms with van der Waals surface area (Å²) in [6, 6.07) is 8.16. The topological polar surface area (TPSA) is 131 Å². The minimum absolute atomic E-state index is 0.0321. The van der Waals surface area contributed by atoms with E-state index in [4.69, 9.17) is 14.6 Å². The molecule has 1 aromatic carbocycles. The molecular formula is C16H16N2O7. The number of carbonyl (C=O) groups is 1. The zero-order valence-corrected chi connectivity index (χ0v) is 13.0. The molecule has 1 aromatic heterocycles. The molecule has 1 aliphatic rings. The lowest BCUT2D eigenvalue weighted by Gasteiger charge is -2.15. The van der Waals surface area contributed by atoms with Crippen LogP contribution in [0.4, 0.5) is 0 Å². The SMILES string of the molecule is O=C(Oc1ccccc1)c1cn([C@@H]2C[C@@H](O)[C@H](CO)O2)c(=O)[nH]c1=O. The van der Waals surface area contributed by atoms with Crippen molar-refractivity contribution in [3.05, 3.63) is 62.9 Å². The lowest BCUT2D eigenvalue weighted by molar-refractivity contribution is -0.0459. The number of H-pyrrole nitrogens is 1. The van der Waals surface area contributed by atoms with E-state index in [1.54, 1.807) is 30.3 Å². The Balaban J connectivity index is 1.90. The number of para-hydroxylation sites is 1. The minimum atomic E-state index is -0.964. The van der Waals surface area contributed by atoms with Crippen molar-refractivity contribution in [2.75, 3.05) is 6.61 Å². The molecule has 3 atom stereocenters. The largest absolute Gasteiger partial charge is 0.423 e. The van der Waals surface area contributed by atoms with Crippen LogP contribution < -0.4 is 16.0 Å². The molecule has 3 rings (SSSR count). The summed E-state index contributed by atoms with van der Waals surface area (Å²) in [5, 5.41) is 18.9. The number of esters is 1. The number of carbonyl (C=O) groups excluding carboxylic acids is 1. The van der Waals surface area contributed by atoms with Gasteiger partial charge in [0, 0.05) is 12.6 Å². The fourth-order valence-corrected chi connectivity index (χ4v) is 2.55. The normalized spacial score (nSPS) is 22.7. The third kappa shape index (κ3) is 3.53. The van der Waals surface area contributed by atoms with Crippen LogP contribution in [0.15, 0.2) is 46.1 Å². The molecule has 0 unspecified atom stereocenters. The molecule has 3 N–H and O–H groups in total. The fourth-order valence-electron chi connectivity index (χ4n) is 2.55. The van der Waals surface area contributed by atoms with Gasteiger partial charge in [0.05, 0.1) is 12.7 Å². The number of hydrogen-bond donors (Lipinski definition) is 3. The molecule has 0 bridgehead atoms. The number of aromatic amines is 1. The summed E-state index contributed by atoms with van der Waals surface area (Å²) in [7, 11) is 0. The Kier molecular flexibility index (Phi) is 4.79. The van der Waals surface area contributed by atoms with Gasteiger partial charge in [0.1, 0.15) is 23.6 Å². The maximum Gasteiger partial charge on any atom is 0.350 e. The van der Waals surface area contributed by atoms with E-state index in [1.807, 2.05) is 4.98 Å². The highest BCUT2D eigenvalue weighted by Crippen LogP contribution is 2.27. The molecule has 1 aliphatic heterocycles. The first-order valence-corrected chi connectivity index (χ1v) is 7.56. The summed E-state index contributed by atoms with van der Waals surface area (Å²) < 4.78 is 11.5. The van der Waals surface area contributed by atoms with Crippen LogP contribution >= 0.6 is 0 Å². The number of aromatic nitrogens is 2. The van der Waals surface area contributed by atoms with E-state index >= 15 is 0 Å². The van der Waals surface area contributed by atoms with Crippen molar-refractivity contribution < 1.29 is 24.5 Å².